The van der Waals surface area contributed by atoms with E-state index in [0.717, 1.165) is 18.8 Å². The highest BCUT2D eigenvalue weighted by molar-refractivity contribution is 5.93. The molecule has 0 saturated heterocycles. The zero-order chi connectivity index (χ0) is 14.8. The third-order valence-electron chi connectivity index (χ3n) is 3.87. The van der Waals surface area contributed by atoms with Gasteiger partial charge in [0, 0.05) is 43.6 Å². The Kier molecular flexibility index (Phi) is 3.77. The van der Waals surface area contributed by atoms with Gasteiger partial charge in [0.15, 0.2) is 0 Å². The van der Waals surface area contributed by atoms with Gasteiger partial charge in [0.1, 0.15) is 5.82 Å². The number of amides is 1. The molecular formula is C15H21N5O. The number of aromatic nitrogens is 4. The van der Waals surface area contributed by atoms with Gasteiger partial charge in [-0.3, -0.25) is 9.48 Å². The second-order valence-electron chi connectivity index (χ2n) is 5.52. The van der Waals surface area contributed by atoms with Gasteiger partial charge in [-0.2, -0.15) is 5.10 Å². The van der Waals surface area contributed by atoms with Gasteiger partial charge in [0.25, 0.3) is 5.91 Å². The van der Waals surface area contributed by atoms with E-state index in [1.165, 1.54) is 18.7 Å². The van der Waals surface area contributed by atoms with Crippen LogP contribution in [0.3, 0.4) is 0 Å². The van der Waals surface area contributed by atoms with E-state index in [-0.39, 0.29) is 5.91 Å². The maximum Gasteiger partial charge on any atom is 0.254 e. The number of nitrogens with one attached hydrogen (secondary N) is 1. The molecule has 2 aromatic rings. The molecule has 0 aromatic carbocycles. The maximum absolute atomic E-state index is 12.0. The van der Waals surface area contributed by atoms with Gasteiger partial charge in [-0.05, 0) is 26.7 Å². The van der Waals surface area contributed by atoms with Crippen molar-refractivity contribution in [1.82, 2.24) is 24.6 Å². The van der Waals surface area contributed by atoms with Crippen molar-refractivity contribution >= 4 is 5.91 Å². The summed E-state index contributed by atoms with van der Waals surface area (Å²) < 4.78 is 3.97. The first-order valence-electron chi connectivity index (χ1n) is 7.51. The average Bonchev–Trinajstić information content (AvgIpc) is 3.09. The minimum Gasteiger partial charge on any atom is -0.350 e. The molecule has 0 unspecified atom stereocenters. The topological polar surface area (TPSA) is 64.7 Å². The molecular weight excluding hydrogens is 266 g/mol. The molecule has 1 saturated carbocycles. The number of aryl methyl sites for hydroxylation is 2. The van der Waals surface area contributed by atoms with Gasteiger partial charge in [-0.1, -0.05) is 0 Å². The van der Waals surface area contributed by atoms with E-state index in [4.69, 9.17) is 0 Å². The van der Waals surface area contributed by atoms with Gasteiger partial charge in [-0.25, -0.2) is 4.98 Å². The second-order valence-corrected chi connectivity index (χ2v) is 5.52. The standard InChI is InChI=1S/C15H21N5O/c1-3-19-10-13(9-18-19)15(21)16-6-7-20-11(2)8-17-14(20)12-4-5-12/h8-10,12H,3-7H2,1-2H3,(H,16,21). The number of carbonyl (C=O) groups excluding carboxylic acids is 1. The smallest absolute Gasteiger partial charge is 0.254 e. The molecule has 0 spiro atoms. The fraction of sp³-hybridized carbons (Fsp3) is 0.533. The van der Waals surface area contributed by atoms with E-state index in [2.05, 4.69) is 26.9 Å². The average molecular weight is 287 g/mol. The molecule has 21 heavy (non-hydrogen) atoms. The zero-order valence-electron chi connectivity index (χ0n) is 12.5. The highest BCUT2D eigenvalue weighted by Gasteiger charge is 2.28. The Balaban J connectivity index is 1.56. The van der Waals surface area contributed by atoms with Crippen LogP contribution in [0.1, 0.15) is 47.6 Å². The summed E-state index contributed by atoms with van der Waals surface area (Å²) >= 11 is 0. The predicted molar refractivity (Wildman–Crippen MR) is 79.2 cm³/mol. The van der Waals surface area contributed by atoms with Crippen molar-refractivity contribution in [2.24, 2.45) is 0 Å². The summed E-state index contributed by atoms with van der Waals surface area (Å²) in [6, 6.07) is 0. The van der Waals surface area contributed by atoms with E-state index >= 15 is 0 Å². The molecule has 2 heterocycles. The summed E-state index contributed by atoms with van der Waals surface area (Å²) in [5.74, 6) is 1.72. The SMILES string of the molecule is CCn1cc(C(=O)NCCn2c(C)cnc2C2CC2)cn1. The number of hydrogen-bond acceptors (Lipinski definition) is 3. The Morgan fingerprint density at radius 1 is 1.43 bits per heavy atom. The molecule has 1 amide bonds. The first-order valence-corrected chi connectivity index (χ1v) is 7.51. The lowest BCUT2D eigenvalue weighted by molar-refractivity contribution is 0.0952. The molecule has 1 aliphatic carbocycles. The Morgan fingerprint density at radius 2 is 2.24 bits per heavy atom. The third-order valence-corrected chi connectivity index (χ3v) is 3.87. The van der Waals surface area contributed by atoms with Crippen LogP contribution in [0, 0.1) is 6.92 Å². The number of rotatable bonds is 6. The number of hydrogen-bond donors (Lipinski definition) is 1. The number of nitrogens with zero attached hydrogens (tertiary/aromatic N) is 4. The van der Waals surface area contributed by atoms with Crippen LogP contribution in [0.5, 0.6) is 0 Å². The summed E-state index contributed by atoms with van der Waals surface area (Å²) in [6.07, 6.45) is 7.77. The molecule has 6 heteroatoms. The fourth-order valence-corrected chi connectivity index (χ4v) is 2.47. The van der Waals surface area contributed by atoms with Crippen molar-refractivity contribution in [2.45, 2.75) is 45.7 Å². The van der Waals surface area contributed by atoms with Crippen LogP contribution < -0.4 is 5.32 Å². The molecule has 0 atom stereocenters. The van der Waals surface area contributed by atoms with Crippen LogP contribution in [0.15, 0.2) is 18.6 Å². The van der Waals surface area contributed by atoms with Crippen molar-refractivity contribution in [3.63, 3.8) is 0 Å². The first kappa shape index (κ1) is 13.9. The third kappa shape index (κ3) is 2.99. The van der Waals surface area contributed by atoms with Crippen LogP contribution in [-0.4, -0.2) is 31.8 Å². The molecule has 0 radical (unpaired) electrons. The van der Waals surface area contributed by atoms with Crippen molar-refractivity contribution in [1.29, 1.82) is 0 Å². The lowest BCUT2D eigenvalue weighted by atomic mass is 10.3. The van der Waals surface area contributed by atoms with Gasteiger partial charge in [0.05, 0.1) is 11.8 Å². The lowest BCUT2D eigenvalue weighted by Gasteiger charge is -2.10. The van der Waals surface area contributed by atoms with E-state index in [9.17, 15) is 4.79 Å². The molecule has 0 bridgehead atoms. The van der Waals surface area contributed by atoms with Crippen LogP contribution in [0.4, 0.5) is 0 Å². The second kappa shape index (κ2) is 5.71. The van der Waals surface area contributed by atoms with Crippen LogP contribution in [0.2, 0.25) is 0 Å². The fourth-order valence-electron chi connectivity index (χ4n) is 2.47. The Morgan fingerprint density at radius 3 is 2.90 bits per heavy atom. The van der Waals surface area contributed by atoms with E-state index in [1.54, 1.807) is 17.1 Å². The Hall–Kier alpha value is -2.11. The first-order chi connectivity index (χ1) is 10.2. The van der Waals surface area contributed by atoms with Crippen molar-refractivity contribution in [3.05, 3.63) is 35.7 Å². The van der Waals surface area contributed by atoms with Gasteiger partial charge in [0.2, 0.25) is 0 Å². The number of carbonyl (C=O) groups is 1. The van der Waals surface area contributed by atoms with Crippen LogP contribution >= 0.6 is 0 Å². The molecule has 112 valence electrons. The molecule has 1 aliphatic rings. The zero-order valence-corrected chi connectivity index (χ0v) is 12.5. The van der Waals surface area contributed by atoms with Crippen molar-refractivity contribution < 1.29 is 4.79 Å². The minimum absolute atomic E-state index is 0.0690. The van der Waals surface area contributed by atoms with E-state index in [1.807, 2.05) is 13.1 Å². The van der Waals surface area contributed by atoms with Crippen molar-refractivity contribution in [2.75, 3.05) is 6.54 Å². The lowest BCUT2D eigenvalue weighted by Crippen LogP contribution is -2.27. The Labute approximate surface area is 124 Å². The molecule has 3 rings (SSSR count). The summed E-state index contributed by atoms with van der Waals surface area (Å²) in [5.41, 5.74) is 1.77. The molecule has 1 fully saturated rings. The summed E-state index contributed by atoms with van der Waals surface area (Å²) in [6.45, 7) is 6.20. The summed E-state index contributed by atoms with van der Waals surface area (Å²) in [5, 5.41) is 7.06. The van der Waals surface area contributed by atoms with Gasteiger partial charge in [-0.15, -0.1) is 0 Å². The van der Waals surface area contributed by atoms with Crippen LogP contribution in [-0.2, 0) is 13.1 Å². The van der Waals surface area contributed by atoms with E-state index in [0.29, 0.717) is 18.0 Å². The van der Waals surface area contributed by atoms with E-state index < -0.39 is 0 Å². The highest BCUT2D eigenvalue weighted by atomic mass is 16.1. The molecule has 6 nitrogen and oxygen atoms in total. The highest BCUT2D eigenvalue weighted by Crippen LogP contribution is 2.39. The largest absolute Gasteiger partial charge is 0.350 e. The maximum atomic E-state index is 12.0. The molecule has 1 N–H and O–H groups in total. The normalized spacial score (nSPS) is 14.4. The predicted octanol–water partition coefficient (Wildman–Crippen LogP) is 1.72. The Bertz CT molecular complexity index is 638. The minimum atomic E-state index is -0.0690. The number of imidazole rings is 1. The van der Waals surface area contributed by atoms with Gasteiger partial charge < -0.3 is 9.88 Å². The molecule has 2 aromatic heterocycles. The summed E-state index contributed by atoms with van der Waals surface area (Å²) in [4.78, 5) is 16.5. The monoisotopic (exact) mass is 287 g/mol. The summed E-state index contributed by atoms with van der Waals surface area (Å²) in [7, 11) is 0. The molecule has 0 aliphatic heterocycles. The quantitative estimate of drug-likeness (QED) is 0.879. The van der Waals surface area contributed by atoms with Crippen LogP contribution in [0.25, 0.3) is 0 Å². The van der Waals surface area contributed by atoms with Crippen molar-refractivity contribution in [3.8, 4) is 0 Å². The van der Waals surface area contributed by atoms with Gasteiger partial charge >= 0.3 is 0 Å².